The second kappa shape index (κ2) is 6.12. The minimum Gasteiger partial charge on any atom is -0.478 e. The third kappa shape index (κ3) is 2.88. The van der Waals surface area contributed by atoms with E-state index in [0.717, 1.165) is 0 Å². The van der Waals surface area contributed by atoms with Gasteiger partial charge in [-0.25, -0.2) is 19.7 Å². The van der Waals surface area contributed by atoms with Crippen molar-refractivity contribution in [1.82, 2.24) is 19.5 Å². The summed E-state index contributed by atoms with van der Waals surface area (Å²) < 4.78 is 1.40. The van der Waals surface area contributed by atoms with Gasteiger partial charge < -0.3 is 10.4 Å². The van der Waals surface area contributed by atoms with Gasteiger partial charge in [0.25, 0.3) is 0 Å². The molecular formula is C14H10N6O4. The Hall–Kier alpha value is -3.82. The molecule has 1 aromatic carbocycles. The number of aromatic carboxylic acids is 1. The Morgan fingerprint density at radius 2 is 2.00 bits per heavy atom. The van der Waals surface area contributed by atoms with Gasteiger partial charge in [0.2, 0.25) is 11.6 Å². The van der Waals surface area contributed by atoms with Crippen LogP contribution in [0.1, 0.15) is 10.4 Å². The Morgan fingerprint density at radius 3 is 2.58 bits per heavy atom. The van der Waals surface area contributed by atoms with Gasteiger partial charge in [-0.05, 0) is 24.3 Å². The smallest absolute Gasteiger partial charge is 0.354 e. The molecule has 24 heavy (non-hydrogen) atoms. The fraction of sp³-hybridized carbons (Fsp3) is 0. The molecule has 10 heteroatoms. The molecule has 0 unspecified atom stereocenters. The summed E-state index contributed by atoms with van der Waals surface area (Å²) in [7, 11) is 0. The molecule has 2 N–H and O–H groups in total. The molecule has 10 nitrogen and oxygen atoms in total. The van der Waals surface area contributed by atoms with Crippen molar-refractivity contribution in [2.75, 3.05) is 5.32 Å². The number of carboxylic acid groups (broad SMARTS) is 1. The molecule has 3 rings (SSSR count). The van der Waals surface area contributed by atoms with Crippen LogP contribution in [0, 0.1) is 10.1 Å². The van der Waals surface area contributed by atoms with Crippen LogP contribution in [0.4, 0.5) is 17.2 Å². The Morgan fingerprint density at radius 1 is 1.25 bits per heavy atom. The molecule has 0 fully saturated rings. The number of aromatic nitrogens is 4. The van der Waals surface area contributed by atoms with Gasteiger partial charge in [0, 0.05) is 18.1 Å². The van der Waals surface area contributed by atoms with Crippen LogP contribution < -0.4 is 5.32 Å². The molecule has 0 saturated carbocycles. The zero-order valence-corrected chi connectivity index (χ0v) is 12.0. The molecule has 0 aliphatic heterocycles. The van der Waals surface area contributed by atoms with Gasteiger partial charge in [0.15, 0.2) is 0 Å². The number of rotatable bonds is 5. The summed E-state index contributed by atoms with van der Waals surface area (Å²) in [4.78, 5) is 33.4. The van der Waals surface area contributed by atoms with Gasteiger partial charge in [0.05, 0.1) is 10.5 Å². The lowest BCUT2D eigenvalue weighted by Gasteiger charge is -2.09. The third-order valence-electron chi connectivity index (χ3n) is 3.13. The van der Waals surface area contributed by atoms with Gasteiger partial charge in [-0.1, -0.05) is 0 Å². The van der Waals surface area contributed by atoms with Crippen molar-refractivity contribution in [3.05, 3.63) is 65.0 Å². The maximum Gasteiger partial charge on any atom is 0.354 e. The molecular weight excluding hydrogens is 316 g/mol. The van der Waals surface area contributed by atoms with Crippen molar-refractivity contribution in [3.63, 3.8) is 0 Å². The lowest BCUT2D eigenvalue weighted by atomic mass is 10.2. The summed E-state index contributed by atoms with van der Waals surface area (Å²) in [5.41, 5.74) is 0.244. The standard InChI is InChI=1S/C14H10N6O4/c21-14(22)9-1-3-10(4-2-9)18-12-11(20(23)24)13(17-7-16-12)19-6-5-15-8-19/h1-8H,(H,21,22)(H,16,17,18). The van der Waals surface area contributed by atoms with Crippen LogP contribution in [0.2, 0.25) is 0 Å². The van der Waals surface area contributed by atoms with E-state index in [4.69, 9.17) is 5.11 Å². The summed E-state index contributed by atoms with van der Waals surface area (Å²) in [5.74, 6) is -1.00. The van der Waals surface area contributed by atoms with Crippen LogP contribution in [0.15, 0.2) is 49.3 Å². The molecule has 0 amide bonds. The van der Waals surface area contributed by atoms with E-state index in [9.17, 15) is 14.9 Å². The molecule has 0 spiro atoms. The first-order chi connectivity index (χ1) is 11.6. The molecule has 3 aromatic rings. The molecule has 2 heterocycles. The molecule has 0 saturated heterocycles. The van der Waals surface area contributed by atoms with Crippen molar-refractivity contribution >= 4 is 23.2 Å². The quantitative estimate of drug-likeness (QED) is 0.536. The Kier molecular flexibility index (Phi) is 3.85. The van der Waals surface area contributed by atoms with Crippen LogP contribution in [0.3, 0.4) is 0 Å². The van der Waals surface area contributed by atoms with Crippen LogP contribution in [0.5, 0.6) is 0 Å². The second-order valence-electron chi connectivity index (χ2n) is 4.63. The maximum absolute atomic E-state index is 11.4. The van der Waals surface area contributed by atoms with E-state index in [2.05, 4.69) is 20.3 Å². The number of nitrogens with zero attached hydrogens (tertiary/aromatic N) is 5. The average molecular weight is 326 g/mol. The number of benzene rings is 1. The predicted molar refractivity (Wildman–Crippen MR) is 82.5 cm³/mol. The first-order valence-electron chi connectivity index (χ1n) is 6.64. The SMILES string of the molecule is O=C(O)c1ccc(Nc2ncnc(-n3ccnc3)c2[N+](=O)[O-])cc1. The largest absolute Gasteiger partial charge is 0.478 e. The Bertz CT molecular complexity index is 892. The van der Waals surface area contributed by atoms with E-state index in [-0.39, 0.29) is 22.9 Å². The predicted octanol–water partition coefficient (Wildman–Crippen LogP) is 2.01. The van der Waals surface area contributed by atoms with Crippen molar-refractivity contribution in [3.8, 4) is 5.82 Å². The fourth-order valence-corrected chi connectivity index (χ4v) is 2.04. The number of carbonyl (C=O) groups is 1. The van der Waals surface area contributed by atoms with Gasteiger partial charge in [-0.2, -0.15) is 0 Å². The van der Waals surface area contributed by atoms with E-state index in [1.54, 1.807) is 0 Å². The minimum atomic E-state index is -1.06. The highest BCUT2D eigenvalue weighted by atomic mass is 16.6. The second-order valence-corrected chi connectivity index (χ2v) is 4.63. The van der Waals surface area contributed by atoms with Crippen LogP contribution >= 0.6 is 0 Å². The van der Waals surface area contributed by atoms with Crippen molar-refractivity contribution in [1.29, 1.82) is 0 Å². The first-order valence-corrected chi connectivity index (χ1v) is 6.64. The third-order valence-corrected chi connectivity index (χ3v) is 3.13. The summed E-state index contributed by atoms with van der Waals surface area (Å²) in [6.45, 7) is 0. The summed E-state index contributed by atoms with van der Waals surface area (Å²) in [5, 5.41) is 23.1. The average Bonchev–Trinajstić information content (AvgIpc) is 3.09. The molecule has 0 radical (unpaired) electrons. The number of imidazole rings is 1. The summed E-state index contributed by atoms with van der Waals surface area (Å²) >= 11 is 0. The van der Waals surface area contributed by atoms with E-state index < -0.39 is 10.9 Å². The molecule has 120 valence electrons. The van der Waals surface area contributed by atoms with Crippen molar-refractivity contribution < 1.29 is 14.8 Å². The summed E-state index contributed by atoms with van der Waals surface area (Å²) in [6, 6.07) is 5.75. The first kappa shape index (κ1) is 15.1. The monoisotopic (exact) mass is 326 g/mol. The van der Waals surface area contributed by atoms with Crippen LogP contribution in [-0.2, 0) is 0 Å². The molecule has 2 aromatic heterocycles. The van der Waals surface area contributed by atoms with Crippen molar-refractivity contribution in [2.24, 2.45) is 0 Å². The topological polar surface area (TPSA) is 136 Å². The van der Waals surface area contributed by atoms with E-state index in [0.29, 0.717) is 5.69 Å². The highest BCUT2D eigenvalue weighted by molar-refractivity contribution is 5.88. The highest BCUT2D eigenvalue weighted by Gasteiger charge is 2.24. The van der Waals surface area contributed by atoms with Crippen molar-refractivity contribution in [2.45, 2.75) is 0 Å². The number of hydrogen-bond acceptors (Lipinski definition) is 7. The number of nitro groups is 1. The Labute approximate surface area is 134 Å². The highest BCUT2D eigenvalue weighted by Crippen LogP contribution is 2.29. The van der Waals surface area contributed by atoms with Crippen LogP contribution in [0.25, 0.3) is 5.82 Å². The van der Waals surface area contributed by atoms with E-state index in [1.807, 2.05) is 0 Å². The number of nitrogens with one attached hydrogen (secondary N) is 1. The van der Waals surface area contributed by atoms with Gasteiger partial charge in [0.1, 0.15) is 12.7 Å². The molecule has 0 aliphatic rings. The van der Waals surface area contributed by atoms with Gasteiger partial charge >= 0.3 is 11.7 Å². The van der Waals surface area contributed by atoms with Crippen LogP contribution in [-0.4, -0.2) is 35.5 Å². The lowest BCUT2D eigenvalue weighted by Crippen LogP contribution is -2.07. The van der Waals surface area contributed by atoms with Gasteiger partial charge in [-0.15, -0.1) is 0 Å². The van der Waals surface area contributed by atoms with Gasteiger partial charge in [-0.3, -0.25) is 14.7 Å². The summed E-state index contributed by atoms with van der Waals surface area (Å²) in [6.07, 6.45) is 5.58. The Balaban J connectivity index is 2.00. The fourth-order valence-electron chi connectivity index (χ4n) is 2.04. The number of hydrogen-bond donors (Lipinski definition) is 2. The van der Waals surface area contributed by atoms with E-state index in [1.165, 1.54) is 53.9 Å². The zero-order valence-electron chi connectivity index (χ0n) is 12.0. The normalized spacial score (nSPS) is 10.3. The lowest BCUT2D eigenvalue weighted by molar-refractivity contribution is -0.384. The number of carboxylic acids is 1. The minimum absolute atomic E-state index is 0.0122. The molecule has 0 aliphatic carbocycles. The maximum atomic E-state index is 11.4. The number of anilines is 2. The molecule has 0 atom stereocenters. The molecule has 0 bridgehead atoms. The van der Waals surface area contributed by atoms with E-state index >= 15 is 0 Å². The zero-order chi connectivity index (χ0) is 17.1.